The van der Waals surface area contributed by atoms with E-state index in [-0.39, 0.29) is 0 Å². The summed E-state index contributed by atoms with van der Waals surface area (Å²) in [7, 11) is 0. The number of halogens is 1. The fourth-order valence-electron chi connectivity index (χ4n) is 1.71. The van der Waals surface area contributed by atoms with Crippen molar-refractivity contribution in [1.29, 1.82) is 0 Å². The number of aliphatic imine (C=N–C) groups is 1. The Balaban J connectivity index is 1.94. The minimum absolute atomic E-state index is 0.682. The second-order valence-electron chi connectivity index (χ2n) is 4.53. The topological polar surface area (TPSA) is 49.3 Å². The van der Waals surface area contributed by atoms with Crippen molar-refractivity contribution in [2.24, 2.45) is 4.99 Å². The van der Waals surface area contributed by atoms with E-state index < -0.39 is 0 Å². The van der Waals surface area contributed by atoms with Gasteiger partial charge in [-0.1, -0.05) is 0 Å². The van der Waals surface area contributed by atoms with E-state index in [0.717, 1.165) is 27.7 Å². The van der Waals surface area contributed by atoms with Gasteiger partial charge >= 0.3 is 0 Å². The molecule has 0 spiro atoms. The van der Waals surface area contributed by atoms with E-state index in [1.807, 2.05) is 6.92 Å². The fraction of sp³-hybridized carbons (Fsp3) is 0.429. The Morgan fingerprint density at radius 1 is 1.38 bits per heavy atom. The lowest BCUT2D eigenvalue weighted by molar-refractivity contribution is 0.811. The van der Waals surface area contributed by atoms with E-state index in [1.54, 1.807) is 22.7 Å². The van der Waals surface area contributed by atoms with E-state index in [1.165, 1.54) is 9.75 Å². The van der Waals surface area contributed by atoms with Gasteiger partial charge in [-0.25, -0.2) is 9.98 Å². The Hall–Kier alpha value is -0.920. The Morgan fingerprint density at radius 3 is 2.76 bits per heavy atom. The average molecular weight is 387 g/mol. The largest absolute Gasteiger partial charge is 0.357 e. The molecule has 4 nitrogen and oxygen atoms in total. The Morgan fingerprint density at radius 2 is 2.19 bits per heavy atom. The third kappa shape index (κ3) is 5.09. The zero-order chi connectivity index (χ0) is 15.2. The van der Waals surface area contributed by atoms with Crippen LogP contribution in [-0.2, 0) is 13.1 Å². The zero-order valence-corrected chi connectivity index (χ0v) is 15.6. The SMILES string of the molecule is CCNC(=NCc1cc(Br)cs1)NCc1nc(C)c(C)s1. The molecule has 2 aromatic rings. The van der Waals surface area contributed by atoms with Crippen molar-refractivity contribution in [2.45, 2.75) is 33.9 Å². The third-order valence-electron chi connectivity index (χ3n) is 2.84. The molecule has 0 fully saturated rings. The molecule has 0 unspecified atom stereocenters. The van der Waals surface area contributed by atoms with Crippen LogP contribution in [-0.4, -0.2) is 17.5 Å². The highest BCUT2D eigenvalue weighted by Crippen LogP contribution is 2.20. The number of aromatic nitrogens is 1. The number of nitrogens with one attached hydrogen (secondary N) is 2. The van der Waals surface area contributed by atoms with Gasteiger partial charge in [0.1, 0.15) is 5.01 Å². The molecule has 21 heavy (non-hydrogen) atoms. The molecule has 7 heteroatoms. The second kappa shape index (κ2) is 7.91. The summed E-state index contributed by atoms with van der Waals surface area (Å²) in [6, 6.07) is 2.10. The van der Waals surface area contributed by atoms with Gasteiger partial charge in [-0.05, 0) is 42.8 Å². The maximum Gasteiger partial charge on any atom is 0.191 e. The molecule has 0 aliphatic heterocycles. The lowest BCUT2D eigenvalue weighted by Gasteiger charge is -2.09. The lowest BCUT2D eigenvalue weighted by Crippen LogP contribution is -2.36. The predicted molar refractivity (Wildman–Crippen MR) is 95.3 cm³/mol. The van der Waals surface area contributed by atoms with Crippen molar-refractivity contribution in [1.82, 2.24) is 15.6 Å². The van der Waals surface area contributed by atoms with Crippen molar-refractivity contribution in [2.75, 3.05) is 6.54 Å². The average Bonchev–Trinajstić information content (AvgIpc) is 3.00. The number of rotatable bonds is 5. The third-order valence-corrected chi connectivity index (χ3v) is 5.59. The number of hydrogen-bond donors (Lipinski definition) is 2. The maximum atomic E-state index is 4.60. The standard InChI is InChI=1S/C14H19BrN4S2/c1-4-16-14(17-6-12-5-11(15)8-20-12)18-7-13-19-9(2)10(3)21-13/h5,8H,4,6-7H2,1-3H3,(H2,16,17,18). The predicted octanol–water partition coefficient (Wildman–Crippen LogP) is 3.84. The van der Waals surface area contributed by atoms with Gasteiger partial charge in [0.25, 0.3) is 0 Å². The summed E-state index contributed by atoms with van der Waals surface area (Å²) in [4.78, 5) is 11.6. The molecule has 0 radical (unpaired) electrons. The van der Waals surface area contributed by atoms with E-state index in [0.29, 0.717) is 13.1 Å². The first-order valence-electron chi connectivity index (χ1n) is 6.76. The van der Waals surface area contributed by atoms with Crippen LogP contribution < -0.4 is 10.6 Å². The molecule has 2 rings (SSSR count). The van der Waals surface area contributed by atoms with E-state index >= 15 is 0 Å². The summed E-state index contributed by atoms with van der Waals surface area (Å²) in [5.74, 6) is 0.826. The number of thiazole rings is 1. The van der Waals surface area contributed by atoms with Gasteiger partial charge in [0, 0.05) is 26.2 Å². The first kappa shape index (κ1) is 16.5. The molecule has 2 N–H and O–H groups in total. The van der Waals surface area contributed by atoms with Crippen LogP contribution >= 0.6 is 38.6 Å². The van der Waals surface area contributed by atoms with Crippen LogP contribution in [0.4, 0.5) is 0 Å². The van der Waals surface area contributed by atoms with Crippen molar-refractivity contribution in [3.63, 3.8) is 0 Å². The second-order valence-corrected chi connectivity index (χ2v) is 7.73. The monoisotopic (exact) mass is 386 g/mol. The highest BCUT2D eigenvalue weighted by atomic mass is 79.9. The normalized spacial score (nSPS) is 11.7. The van der Waals surface area contributed by atoms with Crippen LogP contribution in [0.1, 0.15) is 27.4 Å². The van der Waals surface area contributed by atoms with Crippen LogP contribution in [0.5, 0.6) is 0 Å². The molecule has 0 saturated carbocycles. The maximum absolute atomic E-state index is 4.60. The summed E-state index contributed by atoms with van der Waals surface area (Å²) in [5, 5.41) is 9.76. The summed E-state index contributed by atoms with van der Waals surface area (Å²) in [6.07, 6.45) is 0. The van der Waals surface area contributed by atoms with Crippen LogP contribution in [0, 0.1) is 13.8 Å². The first-order valence-corrected chi connectivity index (χ1v) is 9.25. The van der Waals surface area contributed by atoms with Crippen molar-refractivity contribution < 1.29 is 0 Å². The number of nitrogens with zero attached hydrogens (tertiary/aromatic N) is 2. The summed E-state index contributed by atoms with van der Waals surface area (Å²) in [5.41, 5.74) is 1.11. The summed E-state index contributed by atoms with van der Waals surface area (Å²) in [6.45, 7) is 8.45. The van der Waals surface area contributed by atoms with Crippen molar-refractivity contribution in [3.8, 4) is 0 Å². The molecule has 2 heterocycles. The smallest absolute Gasteiger partial charge is 0.191 e. The quantitative estimate of drug-likeness (QED) is 0.606. The van der Waals surface area contributed by atoms with Gasteiger partial charge in [-0.15, -0.1) is 22.7 Å². The van der Waals surface area contributed by atoms with Gasteiger partial charge in [0.05, 0.1) is 18.8 Å². The van der Waals surface area contributed by atoms with Crippen LogP contribution in [0.25, 0.3) is 0 Å². The van der Waals surface area contributed by atoms with Gasteiger partial charge in [0.15, 0.2) is 5.96 Å². The van der Waals surface area contributed by atoms with E-state index in [4.69, 9.17) is 0 Å². The molecule has 0 bridgehead atoms. The zero-order valence-electron chi connectivity index (χ0n) is 12.4. The van der Waals surface area contributed by atoms with Crippen LogP contribution in [0.15, 0.2) is 20.9 Å². The molecular formula is C14H19BrN4S2. The van der Waals surface area contributed by atoms with Crippen molar-refractivity contribution >= 4 is 44.6 Å². The molecule has 0 aliphatic rings. The molecule has 0 aromatic carbocycles. The molecular weight excluding hydrogens is 368 g/mol. The Kier molecular flexibility index (Phi) is 6.20. The minimum atomic E-state index is 0.682. The number of thiophene rings is 1. The molecule has 0 atom stereocenters. The van der Waals surface area contributed by atoms with E-state index in [9.17, 15) is 0 Å². The van der Waals surface area contributed by atoms with E-state index in [2.05, 4.69) is 61.8 Å². The Bertz CT molecular complexity index is 599. The molecule has 0 saturated heterocycles. The molecule has 2 aromatic heterocycles. The Labute approximate surface area is 141 Å². The molecule has 0 amide bonds. The first-order chi connectivity index (χ1) is 10.1. The minimum Gasteiger partial charge on any atom is -0.357 e. The summed E-state index contributed by atoms with van der Waals surface area (Å²) >= 11 is 6.91. The highest BCUT2D eigenvalue weighted by molar-refractivity contribution is 9.10. The van der Waals surface area contributed by atoms with Crippen LogP contribution in [0.3, 0.4) is 0 Å². The van der Waals surface area contributed by atoms with Gasteiger partial charge in [-0.2, -0.15) is 0 Å². The van der Waals surface area contributed by atoms with Gasteiger partial charge in [-0.3, -0.25) is 0 Å². The number of guanidine groups is 1. The molecule has 114 valence electrons. The van der Waals surface area contributed by atoms with Gasteiger partial charge < -0.3 is 10.6 Å². The van der Waals surface area contributed by atoms with Crippen molar-refractivity contribution in [3.05, 3.63) is 36.4 Å². The number of aryl methyl sites for hydroxylation is 2. The highest BCUT2D eigenvalue weighted by Gasteiger charge is 2.05. The lowest BCUT2D eigenvalue weighted by atomic mass is 10.4. The summed E-state index contributed by atoms with van der Waals surface area (Å²) < 4.78 is 1.12. The van der Waals surface area contributed by atoms with Gasteiger partial charge in [0.2, 0.25) is 0 Å². The number of hydrogen-bond acceptors (Lipinski definition) is 4. The fourth-order valence-corrected chi connectivity index (χ4v) is 3.96. The molecule has 0 aliphatic carbocycles. The van der Waals surface area contributed by atoms with Crippen LogP contribution in [0.2, 0.25) is 0 Å².